The first-order valence-corrected chi connectivity index (χ1v) is 10.9. The summed E-state index contributed by atoms with van der Waals surface area (Å²) in [6.07, 6.45) is 3.18. The Balaban J connectivity index is 1.23. The zero-order valence-electron chi connectivity index (χ0n) is 17.2. The third-order valence-corrected chi connectivity index (χ3v) is 5.83. The van der Waals surface area contributed by atoms with E-state index in [2.05, 4.69) is 5.16 Å². The van der Waals surface area contributed by atoms with Crippen LogP contribution >= 0.6 is 11.6 Å². The van der Waals surface area contributed by atoms with Crippen molar-refractivity contribution in [2.24, 2.45) is 0 Å². The fourth-order valence-corrected chi connectivity index (χ4v) is 4.12. The normalized spacial score (nSPS) is 16.5. The van der Waals surface area contributed by atoms with Gasteiger partial charge in [0, 0.05) is 24.6 Å². The minimum atomic E-state index is -0.733. The Kier molecular flexibility index (Phi) is 6.89. The van der Waals surface area contributed by atoms with Crippen molar-refractivity contribution in [2.45, 2.75) is 38.3 Å². The number of hydrogen-bond acceptors (Lipinski definition) is 5. The van der Waals surface area contributed by atoms with E-state index in [0.29, 0.717) is 18.2 Å². The second-order valence-electron chi connectivity index (χ2n) is 7.72. The van der Waals surface area contributed by atoms with Gasteiger partial charge in [0.1, 0.15) is 23.2 Å². The second-order valence-corrected chi connectivity index (χ2v) is 8.13. The minimum absolute atomic E-state index is 0.370. The van der Waals surface area contributed by atoms with Gasteiger partial charge in [-0.25, -0.2) is 0 Å². The van der Waals surface area contributed by atoms with Crippen LogP contribution in [0.5, 0.6) is 5.75 Å². The van der Waals surface area contributed by atoms with Crippen LogP contribution in [0.1, 0.15) is 30.6 Å². The molecule has 1 saturated heterocycles. The van der Waals surface area contributed by atoms with Crippen LogP contribution in [-0.4, -0.2) is 40.3 Å². The van der Waals surface area contributed by atoms with Gasteiger partial charge in [-0.1, -0.05) is 47.1 Å². The predicted molar refractivity (Wildman–Crippen MR) is 118 cm³/mol. The van der Waals surface area contributed by atoms with E-state index in [1.54, 1.807) is 0 Å². The van der Waals surface area contributed by atoms with Gasteiger partial charge >= 0.3 is 5.97 Å². The zero-order valence-corrected chi connectivity index (χ0v) is 17.9. The number of aryl methyl sites for hydroxylation is 1. The summed E-state index contributed by atoms with van der Waals surface area (Å²) >= 11 is 6.21. The summed E-state index contributed by atoms with van der Waals surface area (Å²) in [6, 6.07) is 17.0. The summed E-state index contributed by atoms with van der Waals surface area (Å²) in [4.78, 5) is 13.3. The van der Waals surface area contributed by atoms with E-state index >= 15 is 0 Å². The molecule has 0 radical (unpaired) electrons. The molecule has 1 fully saturated rings. The van der Waals surface area contributed by atoms with Crippen LogP contribution in [0.4, 0.5) is 0 Å². The number of carboxylic acid groups (broad SMARTS) is 1. The van der Waals surface area contributed by atoms with Crippen LogP contribution in [-0.2, 0) is 17.8 Å². The van der Waals surface area contributed by atoms with Gasteiger partial charge in [-0.2, -0.15) is 0 Å². The topological polar surface area (TPSA) is 75.8 Å². The molecule has 0 amide bonds. The zero-order chi connectivity index (χ0) is 21.6. The third kappa shape index (κ3) is 5.46. The Bertz CT molecular complexity index is 1020. The Labute approximate surface area is 186 Å². The van der Waals surface area contributed by atoms with Gasteiger partial charge in [0.2, 0.25) is 0 Å². The first-order valence-electron chi connectivity index (χ1n) is 10.5. The molecule has 0 aliphatic carbocycles. The van der Waals surface area contributed by atoms with Gasteiger partial charge in [-0.3, -0.25) is 9.69 Å². The smallest absolute Gasteiger partial charge is 0.320 e. The highest BCUT2D eigenvalue weighted by Gasteiger charge is 2.30. The molecule has 2 aromatic carbocycles. The van der Waals surface area contributed by atoms with Crippen LogP contribution in [0.15, 0.2) is 59.1 Å². The second kappa shape index (κ2) is 9.98. The molecule has 0 bridgehead atoms. The molecule has 162 valence electrons. The van der Waals surface area contributed by atoms with Gasteiger partial charge < -0.3 is 14.4 Å². The highest BCUT2D eigenvalue weighted by molar-refractivity contribution is 6.33. The van der Waals surface area contributed by atoms with Crippen molar-refractivity contribution >= 4 is 17.6 Å². The fourth-order valence-electron chi connectivity index (χ4n) is 3.88. The Morgan fingerprint density at radius 2 is 2.03 bits per heavy atom. The first-order chi connectivity index (χ1) is 15.1. The molecule has 0 spiro atoms. The standard InChI is InChI=1S/C24H25ClN2O4/c25-21-7-2-1-6-20(21)22-15-19(31-26-22)5-4-14-30-18-11-9-17(10-12-18)16-27-13-3-8-23(27)24(28)29/h1-2,6-7,9-12,15,23H,3-5,8,13-14,16H2,(H,28,29)/t23-/m1/s1. The molecule has 1 aliphatic rings. The molecule has 4 rings (SSSR count). The van der Waals surface area contributed by atoms with Crippen molar-refractivity contribution in [3.05, 3.63) is 70.9 Å². The van der Waals surface area contributed by atoms with E-state index in [-0.39, 0.29) is 6.04 Å². The number of halogens is 1. The molecule has 1 aromatic heterocycles. The van der Waals surface area contributed by atoms with E-state index in [1.165, 1.54) is 0 Å². The lowest BCUT2D eigenvalue weighted by Gasteiger charge is -2.21. The first kappa shape index (κ1) is 21.4. The number of carboxylic acids is 1. The Morgan fingerprint density at radius 1 is 1.23 bits per heavy atom. The molecule has 3 aromatic rings. The van der Waals surface area contributed by atoms with E-state index in [4.69, 9.17) is 20.9 Å². The number of nitrogens with zero attached hydrogens (tertiary/aromatic N) is 2. The summed E-state index contributed by atoms with van der Waals surface area (Å²) < 4.78 is 11.3. The largest absolute Gasteiger partial charge is 0.494 e. The van der Waals surface area contributed by atoms with Crippen LogP contribution < -0.4 is 4.74 Å². The number of aliphatic carboxylic acids is 1. The van der Waals surface area contributed by atoms with Gasteiger partial charge in [-0.15, -0.1) is 0 Å². The third-order valence-electron chi connectivity index (χ3n) is 5.50. The molecule has 6 nitrogen and oxygen atoms in total. The molecule has 1 atom stereocenters. The van der Waals surface area contributed by atoms with Crippen LogP contribution in [0.2, 0.25) is 5.02 Å². The predicted octanol–water partition coefficient (Wildman–Crippen LogP) is 5.06. The quantitative estimate of drug-likeness (QED) is 0.469. The molecule has 31 heavy (non-hydrogen) atoms. The van der Waals surface area contributed by atoms with E-state index in [1.807, 2.05) is 59.5 Å². The summed E-state index contributed by atoms with van der Waals surface area (Å²) in [5.74, 6) is 0.866. The molecular formula is C24H25ClN2O4. The molecule has 0 saturated carbocycles. The van der Waals surface area contributed by atoms with Crippen molar-refractivity contribution in [1.82, 2.24) is 10.1 Å². The molecule has 7 heteroatoms. The van der Waals surface area contributed by atoms with Crippen molar-refractivity contribution < 1.29 is 19.2 Å². The van der Waals surface area contributed by atoms with Crippen LogP contribution in [0, 0.1) is 0 Å². The highest BCUT2D eigenvalue weighted by atomic mass is 35.5. The van der Waals surface area contributed by atoms with Crippen molar-refractivity contribution in [1.29, 1.82) is 0 Å². The minimum Gasteiger partial charge on any atom is -0.494 e. The van der Waals surface area contributed by atoms with Crippen LogP contribution in [0.25, 0.3) is 11.3 Å². The summed E-state index contributed by atoms with van der Waals surface area (Å²) in [6.45, 7) is 2.04. The van der Waals surface area contributed by atoms with E-state index in [0.717, 1.165) is 60.6 Å². The average molecular weight is 441 g/mol. The van der Waals surface area contributed by atoms with Crippen molar-refractivity contribution in [2.75, 3.05) is 13.2 Å². The summed E-state index contributed by atoms with van der Waals surface area (Å²) in [5, 5.41) is 14.1. The van der Waals surface area contributed by atoms with E-state index in [9.17, 15) is 9.90 Å². The number of aromatic nitrogens is 1. The fraction of sp³-hybridized carbons (Fsp3) is 0.333. The molecular weight excluding hydrogens is 416 g/mol. The Morgan fingerprint density at radius 3 is 2.81 bits per heavy atom. The number of rotatable bonds is 9. The highest BCUT2D eigenvalue weighted by Crippen LogP contribution is 2.27. The van der Waals surface area contributed by atoms with Gasteiger partial charge in [0.25, 0.3) is 0 Å². The number of hydrogen-bond donors (Lipinski definition) is 1. The van der Waals surface area contributed by atoms with E-state index < -0.39 is 5.97 Å². The maximum atomic E-state index is 11.3. The lowest BCUT2D eigenvalue weighted by Crippen LogP contribution is -2.35. The molecule has 1 N–H and O–H groups in total. The van der Waals surface area contributed by atoms with Gasteiger partial charge in [-0.05, 0) is 49.6 Å². The lowest BCUT2D eigenvalue weighted by molar-refractivity contribution is -0.142. The summed E-state index contributed by atoms with van der Waals surface area (Å²) in [5.41, 5.74) is 2.69. The average Bonchev–Trinajstić information content (AvgIpc) is 3.42. The molecule has 0 unspecified atom stereocenters. The van der Waals surface area contributed by atoms with Gasteiger partial charge in [0.05, 0.1) is 11.6 Å². The number of likely N-dealkylation sites (tertiary alicyclic amines) is 1. The van der Waals surface area contributed by atoms with Crippen molar-refractivity contribution in [3.8, 4) is 17.0 Å². The monoisotopic (exact) mass is 440 g/mol. The molecule has 2 heterocycles. The summed E-state index contributed by atoms with van der Waals surface area (Å²) in [7, 11) is 0. The molecule has 1 aliphatic heterocycles. The number of benzene rings is 2. The number of carbonyl (C=O) groups is 1. The van der Waals surface area contributed by atoms with Gasteiger partial charge in [0.15, 0.2) is 0 Å². The SMILES string of the molecule is O=C(O)[C@H]1CCCN1Cc1ccc(OCCCc2cc(-c3ccccc3Cl)no2)cc1. The maximum Gasteiger partial charge on any atom is 0.320 e. The lowest BCUT2D eigenvalue weighted by atomic mass is 10.1. The maximum absolute atomic E-state index is 11.3. The number of ether oxygens (including phenoxy) is 1. The van der Waals surface area contributed by atoms with Crippen LogP contribution in [0.3, 0.4) is 0 Å². The van der Waals surface area contributed by atoms with Crippen molar-refractivity contribution in [3.63, 3.8) is 0 Å². The Hall–Kier alpha value is -2.83.